The highest BCUT2D eigenvalue weighted by atomic mass is 16.4. The van der Waals surface area contributed by atoms with Crippen LogP contribution in [0.1, 0.15) is 12.8 Å². The number of nitrogens with two attached hydrogens (primary N) is 1. The Morgan fingerprint density at radius 3 is 2.58 bits per heavy atom. The first kappa shape index (κ1) is 7.86. The fraction of sp³-hybridized carbons (Fsp3) is 0.875. The number of hydrogen-bond acceptors (Lipinski definition) is 2. The van der Waals surface area contributed by atoms with Crippen LogP contribution in [0.2, 0.25) is 0 Å². The molecule has 1 aliphatic heterocycles. The van der Waals surface area contributed by atoms with Gasteiger partial charge < -0.3 is 15.7 Å². The van der Waals surface area contributed by atoms with Crippen molar-refractivity contribution in [3.05, 3.63) is 0 Å². The van der Waals surface area contributed by atoms with E-state index in [0.717, 1.165) is 32.5 Å². The molecule has 1 saturated carbocycles. The van der Waals surface area contributed by atoms with E-state index >= 15 is 0 Å². The van der Waals surface area contributed by atoms with Crippen LogP contribution in [-0.4, -0.2) is 35.7 Å². The first-order chi connectivity index (χ1) is 5.65. The van der Waals surface area contributed by atoms with Crippen molar-refractivity contribution in [2.45, 2.75) is 12.8 Å². The Labute approximate surface area is 71.3 Å². The number of nitrogens with zero attached hydrogens (tertiary/aromatic N) is 1. The minimum atomic E-state index is -0.781. The van der Waals surface area contributed by atoms with Gasteiger partial charge in [0.25, 0.3) is 0 Å². The summed E-state index contributed by atoms with van der Waals surface area (Å²) in [6.45, 7) is 2.23. The molecule has 68 valence electrons. The predicted molar refractivity (Wildman–Crippen MR) is 43.8 cm³/mol. The second kappa shape index (κ2) is 2.36. The lowest BCUT2D eigenvalue weighted by Crippen LogP contribution is -2.64. The molecule has 0 aromatic heterocycles. The number of rotatable bonds is 1. The normalized spacial score (nSPS) is 26.6. The summed E-state index contributed by atoms with van der Waals surface area (Å²) < 4.78 is 0. The monoisotopic (exact) mass is 170 g/mol. The molecule has 2 rings (SSSR count). The van der Waals surface area contributed by atoms with Crippen molar-refractivity contribution < 1.29 is 9.90 Å². The molecular weight excluding hydrogens is 156 g/mol. The maximum Gasteiger partial charge on any atom is 0.407 e. The van der Waals surface area contributed by atoms with Crippen molar-refractivity contribution in [3.8, 4) is 0 Å². The number of carboxylic acid groups (broad SMARTS) is 1. The van der Waals surface area contributed by atoms with Gasteiger partial charge in [-0.05, 0) is 25.3 Å². The topological polar surface area (TPSA) is 66.6 Å². The summed E-state index contributed by atoms with van der Waals surface area (Å²) in [4.78, 5) is 11.9. The number of hydrogen-bond donors (Lipinski definition) is 2. The molecule has 3 N–H and O–H groups in total. The Hall–Kier alpha value is -0.770. The van der Waals surface area contributed by atoms with Crippen molar-refractivity contribution in [2.24, 2.45) is 17.1 Å². The Kier molecular flexibility index (Phi) is 1.54. The van der Waals surface area contributed by atoms with Gasteiger partial charge >= 0.3 is 6.09 Å². The van der Waals surface area contributed by atoms with Crippen molar-refractivity contribution in [3.63, 3.8) is 0 Å². The van der Waals surface area contributed by atoms with Crippen LogP contribution in [0, 0.1) is 11.3 Å². The summed E-state index contributed by atoms with van der Waals surface area (Å²) in [5.41, 5.74) is 5.83. The van der Waals surface area contributed by atoms with E-state index in [4.69, 9.17) is 10.8 Å². The summed E-state index contributed by atoms with van der Waals surface area (Å²) in [6.07, 6.45) is 1.48. The molecule has 4 nitrogen and oxygen atoms in total. The fourth-order valence-corrected chi connectivity index (χ4v) is 2.49. The molecule has 0 bridgehead atoms. The lowest BCUT2D eigenvalue weighted by atomic mass is 9.58. The maximum absolute atomic E-state index is 10.5. The summed E-state index contributed by atoms with van der Waals surface area (Å²) in [5.74, 6) is 0.654. The second-order valence-electron chi connectivity index (χ2n) is 4.15. The van der Waals surface area contributed by atoms with Gasteiger partial charge in [-0.1, -0.05) is 0 Å². The molecule has 2 aliphatic rings. The van der Waals surface area contributed by atoms with Gasteiger partial charge in [-0.2, -0.15) is 0 Å². The summed E-state index contributed by atoms with van der Waals surface area (Å²) in [5, 5.41) is 8.61. The minimum Gasteiger partial charge on any atom is -0.465 e. The molecule has 0 aromatic rings. The highest BCUT2D eigenvalue weighted by Crippen LogP contribution is 2.51. The number of amides is 1. The molecule has 12 heavy (non-hydrogen) atoms. The third-order valence-electron chi connectivity index (χ3n) is 3.10. The van der Waals surface area contributed by atoms with Crippen LogP contribution in [-0.2, 0) is 0 Å². The second-order valence-corrected chi connectivity index (χ2v) is 4.15. The molecule has 1 saturated heterocycles. The van der Waals surface area contributed by atoms with E-state index in [0.29, 0.717) is 11.3 Å². The van der Waals surface area contributed by atoms with Gasteiger partial charge in [0, 0.05) is 18.5 Å². The smallest absolute Gasteiger partial charge is 0.407 e. The summed E-state index contributed by atoms with van der Waals surface area (Å²) >= 11 is 0. The molecule has 0 atom stereocenters. The van der Waals surface area contributed by atoms with Gasteiger partial charge in [0.05, 0.1) is 0 Å². The number of carbonyl (C=O) groups is 1. The lowest BCUT2D eigenvalue weighted by molar-refractivity contribution is -0.0769. The molecular formula is C8H14N2O2. The maximum atomic E-state index is 10.5. The van der Waals surface area contributed by atoms with Crippen molar-refractivity contribution in [1.29, 1.82) is 0 Å². The van der Waals surface area contributed by atoms with E-state index in [1.165, 1.54) is 4.90 Å². The Morgan fingerprint density at radius 1 is 1.58 bits per heavy atom. The van der Waals surface area contributed by atoms with Gasteiger partial charge in [-0.25, -0.2) is 4.79 Å². The van der Waals surface area contributed by atoms with Crippen LogP contribution >= 0.6 is 0 Å². The number of likely N-dealkylation sites (tertiary alicyclic amines) is 1. The molecule has 1 amide bonds. The highest BCUT2D eigenvalue weighted by Gasteiger charge is 2.53. The molecule has 4 heteroatoms. The molecule has 0 radical (unpaired) electrons. The van der Waals surface area contributed by atoms with Gasteiger partial charge in [-0.15, -0.1) is 0 Å². The summed E-state index contributed by atoms with van der Waals surface area (Å²) in [6, 6.07) is 0. The summed E-state index contributed by atoms with van der Waals surface area (Å²) in [7, 11) is 0. The zero-order chi connectivity index (χ0) is 8.77. The standard InChI is InChI=1S/C8H14N2O2/c9-3-6-1-8(2-6)4-10(5-8)7(11)12/h6H,1-5,9H2,(H,11,12). The van der Waals surface area contributed by atoms with Gasteiger partial charge in [-0.3, -0.25) is 0 Å². The van der Waals surface area contributed by atoms with Gasteiger partial charge in [0.1, 0.15) is 0 Å². The van der Waals surface area contributed by atoms with Crippen molar-refractivity contribution in [1.82, 2.24) is 4.90 Å². The molecule has 0 unspecified atom stereocenters. The first-order valence-electron chi connectivity index (χ1n) is 4.33. The van der Waals surface area contributed by atoms with E-state index in [1.54, 1.807) is 0 Å². The van der Waals surface area contributed by atoms with Crippen LogP contribution in [0.5, 0.6) is 0 Å². The van der Waals surface area contributed by atoms with Crippen molar-refractivity contribution >= 4 is 6.09 Å². The van der Waals surface area contributed by atoms with Crippen LogP contribution in [0.4, 0.5) is 4.79 Å². The molecule has 0 aromatic carbocycles. The lowest BCUT2D eigenvalue weighted by Gasteiger charge is -2.58. The largest absolute Gasteiger partial charge is 0.465 e. The van der Waals surface area contributed by atoms with Crippen LogP contribution in [0.3, 0.4) is 0 Å². The first-order valence-corrected chi connectivity index (χ1v) is 4.33. The van der Waals surface area contributed by atoms with Crippen LogP contribution in [0.25, 0.3) is 0 Å². The Bertz CT molecular complexity index is 203. The third-order valence-corrected chi connectivity index (χ3v) is 3.10. The zero-order valence-electron chi connectivity index (χ0n) is 6.99. The van der Waals surface area contributed by atoms with Crippen LogP contribution < -0.4 is 5.73 Å². The highest BCUT2D eigenvalue weighted by molar-refractivity contribution is 5.66. The van der Waals surface area contributed by atoms with E-state index in [9.17, 15) is 4.79 Å². The fourth-order valence-electron chi connectivity index (χ4n) is 2.49. The average Bonchev–Trinajstić information content (AvgIpc) is 1.81. The van der Waals surface area contributed by atoms with E-state index in [1.807, 2.05) is 0 Å². The quantitative estimate of drug-likeness (QED) is 0.596. The van der Waals surface area contributed by atoms with E-state index in [-0.39, 0.29) is 0 Å². The Balaban J connectivity index is 1.79. The van der Waals surface area contributed by atoms with E-state index in [2.05, 4.69) is 0 Å². The Morgan fingerprint density at radius 2 is 2.17 bits per heavy atom. The van der Waals surface area contributed by atoms with Crippen LogP contribution in [0.15, 0.2) is 0 Å². The molecule has 2 fully saturated rings. The SMILES string of the molecule is NCC1CC2(C1)CN(C(=O)O)C2. The minimum absolute atomic E-state index is 0.336. The average molecular weight is 170 g/mol. The molecule has 1 spiro atoms. The predicted octanol–water partition coefficient (Wildman–Crippen LogP) is 0.335. The van der Waals surface area contributed by atoms with Crippen molar-refractivity contribution in [2.75, 3.05) is 19.6 Å². The third kappa shape index (κ3) is 0.982. The molecule has 1 aliphatic carbocycles. The zero-order valence-corrected chi connectivity index (χ0v) is 6.99. The molecule has 1 heterocycles. The van der Waals surface area contributed by atoms with Gasteiger partial charge in [0.15, 0.2) is 0 Å². The van der Waals surface area contributed by atoms with E-state index < -0.39 is 6.09 Å². The van der Waals surface area contributed by atoms with Gasteiger partial charge in [0.2, 0.25) is 0 Å².